The van der Waals surface area contributed by atoms with Gasteiger partial charge >= 0.3 is 0 Å². The maximum Gasteiger partial charge on any atom is 0.262 e. The monoisotopic (exact) mass is 422 g/mol. The fourth-order valence-electron chi connectivity index (χ4n) is 2.79. The van der Waals surface area contributed by atoms with Gasteiger partial charge < -0.3 is 14.7 Å². The third-order valence-corrected chi connectivity index (χ3v) is 5.16. The average Bonchev–Trinajstić information content (AvgIpc) is 2.74. The minimum absolute atomic E-state index is 1.25. The van der Waals surface area contributed by atoms with Gasteiger partial charge in [0.15, 0.2) is 0 Å². The van der Waals surface area contributed by atoms with Crippen molar-refractivity contribution in [3.05, 3.63) is 103 Å². The van der Waals surface area contributed by atoms with Gasteiger partial charge in [-0.25, -0.2) is 0 Å². The third kappa shape index (κ3) is 6.71. The molecule has 3 aromatic carbocycles. The zero-order valence-corrected chi connectivity index (χ0v) is 17.1. The van der Waals surface area contributed by atoms with Crippen molar-refractivity contribution in [1.82, 2.24) is 0 Å². The normalized spacial score (nSPS) is 10.7. The molecule has 6 heteroatoms. The highest BCUT2D eigenvalue weighted by atomic mass is 32.1. The Balaban J connectivity index is 0.000000431. The van der Waals surface area contributed by atoms with E-state index < -0.39 is 7.82 Å². The highest BCUT2D eigenvalue weighted by Crippen LogP contribution is 2.37. The predicted octanol–water partition coefficient (Wildman–Crippen LogP) is 5.47. The molecule has 0 spiro atoms. The van der Waals surface area contributed by atoms with E-state index >= 15 is 0 Å². The Morgan fingerprint density at radius 3 is 1.24 bits per heavy atom. The largest absolute Gasteiger partial charge is 0.756 e. The van der Waals surface area contributed by atoms with Crippen LogP contribution in [0.3, 0.4) is 0 Å². The number of hydrogen-bond donors (Lipinski definition) is 2. The molecule has 2 N–H and O–H groups in total. The summed E-state index contributed by atoms with van der Waals surface area (Å²) in [7, 11) is -4.89. The molecule has 0 unspecified atom stereocenters. The van der Waals surface area contributed by atoms with Crippen LogP contribution in [-0.2, 0) is 4.57 Å². The van der Waals surface area contributed by atoms with Crippen LogP contribution in [-0.4, -0.2) is 9.79 Å². The first-order valence-corrected chi connectivity index (χ1v) is 11.2. The zero-order chi connectivity index (χ0) is 20.7. The Morgan fingerprint density at radius 2 is 0.897 bits per heavy atom. The zero-order valence-electron chi connectivity index (χ0n) is 15.4. The van der Waals surface area contributed by atoms with Gasteiger partial charge in [0.2, 0.25) is 21.1 Å². The number of hydrogen-bond acceptors (Lipinski definition) is 2. The van der Waals surface area contributed by atoms with Crippen LogP contribution in [0.5, 0.6) is 0 Å². The lowest BCUT2D eigenvalue weighted by atomic mass is 10.0. The van der Waals surface area contributed by atoms with E-state index in [2.05, 4.69) is 103 Å². The van der Waals surface area contributed by atoms with E-state index in [4.69, 9.17) is 19.2 Å². The minimum Gasteiger partial charge on any atom is -0.756 e. The molecule has 0 bridgehead atoms. The topological polar surface area (TPSA) is 80.6 Å². The molecule has 0 aliphatic carbocycles. The Kier molecular flexibility index (Phi) is 7.04. The van der Waals surface area contributed by atoms with Gasteiger partial charge in [0.1, 0.15) is 0 Å². The van der Waals surface area contributed by atoms with E-state index in [1.54, 1.807) is 0 Å². The molecule has 4 aromatic rings. The summed E-state index contributed by atoms with van der Waals surface area (Å²) >= 11 is 1.84. The van der Waals surface area contributed by atoms with E-state index in [0.29, 0.717) is 0 Å². The molecule has 1 heterocycles. The number of phosphoric acid groups is 1. The van der Waals surface area contributed by atoms with Crippen molar-refractivity contribution >= 4 is 19.2 Å². The highest BCUT2D eigenvalue weighted by molar-refractivity contribution is 7.43. The van der Waals surface area contributed by atoms with Gasteiger partial charge in [-0.15, -0.1) is 0 Å². The molecule has 0 radical (unpaired) electrons. The second-order valence-corrected chi connectivity index (χ2v) is 8.23. The summed E-state index contributed by atoms with van der Waals surface area (Å²) in [6.07, 6.45) is 0. The Labute approximate surface area is 173 Å². The smallest absolute Gasteiger partial charge is 0.262 e. The second kappa shape index (κ2) is 9.70. The molecule has 29 heavy (non-hydrogen) atoms. The van der Waals surface area contributed by atoms with Crippen molar-refractivity contribution < 1.29 is 19.2 Å². The average molecular weight is 422 g/mol. The van der Waals surface area contributed by atoms with Crippen LogP contribution in [0.15, 0.2) is 103 Å². The molecule has 0 aliphatic rings. The Hall–Kier alpha value is -2.66. The quantitative estimate of drug-likeness (QED) is 0.339. The van der Waals surface area contributed by atoms with Gasteiger partial charge in [-0.05, 0) is 35.4 Å². The van der Waals surface area contributed by atoms with Gasteiger partial charge in [-0.3, -0.25) is 4.57 Å². The van der Waals surface area contributed by atoms with Gasteiger partial charge in [0.05, 0.1) is 0 Å². The van der Waals surface area contributed by atoms with Gasteiger partial charge in [0, 0.05) is 23.3 Å². The first-order valence-electron chi connectivity index (χ1n) is 8.81. The lowest BCUT2D eigenvalue weighted by molar-refractivity contribution is -0.214. The molecule has 1 aromatic heterocycles. The predicted molar refractivity (Wildman–Crippen MR) is 117 cm³/mol. The molecule has 0 saturated heterocycles. The SMILES string of the molecule is O=P([O-])(O)O.c1ccc(-c2cc(-c3ccccc3)[s+]c(-c3ccccc3)c2)cc1. The van der Waals surface area contributed by atoms with Gasteiger partial charge in [-0.1, -0.05) is 66.7 Å². The van der Waals surface area contributed by atoms with Gasteiger partial charge in [-0.2, -0.15) is 0 Å². The maximum atomic E-state index is 8.77. The van der Waals surface area contributed by atoms with Crippen LogP contribution in [0.25, 0.3) is 32.0 Å². The van der Waals surface area contributed by atoms with E-state index in [9.17, 15) is 0 Å². The molecule has 0 saturated carbocycles. The first kappa shape index (κ1) is 21.1. The lowest BCUT2D eigenvalue weighted by Gasteiger charge is -2.02. The lowest BCUT2D eigenvalue weighted by Crippen LogP contribution is -1.94. The van der Waals surface area contributed by atoms with E-state index in [0.717, 1.165) is 0 Å². The van der Waals surface area contributed by atoms with Crippen molar-refractivity contribution in [1.29, 1.82) is 0 Å². The molecule has 0 atom stereocenters. The van der Waals surface area contributed by atoms with Crippen LogP contribution in [0.2, 0.25) is 0 Å². The van der Waals surface area contributed by atoms with Crippen molar-refractivity contribution in [2.45, 2.75) is 0 Å². The standard InChI is InChI=1S/C23H17S.H3O4P/c1-4-10-18(11-5-1)21-16-22(19-12-6-2-7-13-19)24-23(17-21)20-14-8-3-9-15-20;1-5(2,3)4/h1-17H;(H3,1,2,3,4)/q+1;/p-1. The third-order valence-electron chi connectivity index (χ3n) is 4.02. The summed E-state index contributed by atoms with van der Waals surface area (Å²) < 4.78 is 8.77. The fraction of sp³-hybridized carbons (Fsp3) is 0. The van der Waals surface area contributed by atoms with E-state index in [1.807, 2.05) is 11.3 Å². The molecule has 0 fully saturated rings. The second-order valence-electron chi connectivity index (χ2n) is 6.16. The summed E-state index contributed by atoms with van der Waals surface area (Å²) in [5.41, 5.74) is 5.03. The molecule has 146 valence electrons. The minimum atomic E-state index is -4.89. The highest BCUT2D eigenvalue weighted by Gasteiger charge is 2.18. The summed E-state index contributed by atoms with van der Waals surface area (Å²) in [5.74, 6) is 0. The molecular weight excluding hydrogens is 403 g/mol. The van der Waals surface area contributed by atoms with Crippen LogP contribution in [0.1, 0.15) is 0 Å². The first-order chi connectivity index (χ1) is 13.9. The fourth-order valence-corrected chi connectivity index (χ4v) is 3.90. The Morgan fingerprint density at radius 1 is 0.586 bits per heavy atom. The molecule has 0 aliphatic heterocycles. The van der Waals surface area contributed by atoms with Crippen LogP contribution < -0.4 is 4.89 Å². The molecular formula is C23H19O4PS. The van der Waals surface area contributed by atoms with Crippen molar-refractivity contribution in [3.8, 4) is 32.0 Å². The number of rotatable bonds is 3. The van der Waals surface area contributed by atoms with Gasteiger partial charge in [0.25, 0.3) is 7.82 Å². The molecule has 4 nitrogen and oxygen atoms in total. The number of benzene rings is 3. The van der Waals surface area contributed by atoms with Crippen molar-refractivity contribution in [2.24, 2.45) is 0 Å². The van der Waals surface area contributed by atoms with E-state index in [1.165, 1.54) is 32.0 Å². The molecule has 0 amide bonds. The van der Waals surface area contributed by atoms with Crippen molar-refractivity contribution in [2.75, 3.05) is 0 Å². The van der Waals surface area contributed by atoms with Crippen LogP contribution in [0.4, 0.5) is 0 Å². The Bertz CT molecular complexity index is 950. The summed E-state index contributed by atoms with van der Waals surface area (Å²) in [6, 6.07) is 36.4. The summed E-state index contributed by atoms with van der Waals surface area (Å²) in [6.45, 7) is 0. The summed E-state index contributed by atoms with van der Waals surface area (Å²) in [5, 5.41) is 0. The maximum absolute atomic E-state index is 8.77. The van der Waals surface area contributed by atoms with E-state index in [-0.39, 0.29) is 0 Å². The van der Waals surface area contributed by atoms with Crippen molar-refractivity contribution in [3.63, 3.8) is 0 Å². The summed E-state index contributed by atoms with van der Waals surface area (Å²) in [4.78, 5) is 25.5. The van der Waals surface area contributed by atoms with Crippen LogP contribution in [0, 0.1) is 0 Å². The van der Waals surface area contributed by atoms with Crippen LogP contribution >= 0.6 is 19.2 Å². The molecule has 4 rings (SSSR count).